The van der Waals surface area contributed by atoms with Gasteiger partial charge in [-0.25, -0.2) is 0 Å². The summed E-state index contributed by atoms with van der Waals surface area (Å²) < 4.78 is 1.08. The van der Waals surface area contributed by atoms with E-state index in [-0.39, 0.29) is 0 Å². The van der Waals surface area contributed by atoms with Gasteiger partial charge in [0.25, 0.3) is 0 Å². The van der Waals surface area contributed by atoms with E-state index in [2.05, 4.69) is 97.6 Å². The molecule has 0 unspecified atom stereocenters. The number of nitrogens with zero attached hydrogens (tertiary/aromatic N) is 1. The Kier molecular flexibility index (Phi) is 11.7. The molecule has 3 rings (SSSR count). The average molecular weight is 455 g/mol. The molecule has 0 radical (unpaired) electrons. The van der Waals surface area contributed by atoms with E-state index in [0.29, 0.717) is 0 Å². The van der Waals surface area contributed by atoms with E-state index in [1.54, 1.807) is 0 Å². The molecule has 0 saturated carbocycles. The summed E-state index contributed by atoms with van der Waals surface area (Å²) in [5.74, 6) is 0. The molecule has 0 fully saturated rings. The van der Waals surface area contributed by atoms with Crippen molar-refractivity contribution < 1.29 is 4.48 Å². The summed E-state index contributed by atoms with van der Waals surface area (Å²) >= 11 is 0. The summed E-state index contributed by atoms with van der Waals surface area (Å²) in [5, 5.41) is 0. The van der Waals surface area contributed by atoms with Crippen LogP contribution in [0.15, 0.2) is 104 Å². The van der Waals surface area contributed by atoms with Gasteiger partial charge >= 0.3 is 0 Å². The van der Waals surface area contributed by atoms with Crippen LogP contribution in [-0.4, -0.2) is 11.0 Å². The maximum atomic E-state index is 3.83. The molecule has 0 N–H and O–H groups in total. The molecule has 1 heteroatoms. The lowest BCUT2D eigenvalue weighted by Gasteiger charge is -2.39. The van der Waals surface area contributed by atoms with Crippen LogP contribution in [0.4, 0.5) is 0 Å². The molecule has 0 saturated heterocycles. The van der Waals surface area contributed by atoms with Crippen LogP contribution in [0.25, 0.3) is 0 Å². The third-order valence-corrected chi connectivity index (χ3v) is 6.87. The van der Waals surface area contributed by atoms with Crippen molar-refractivity contribution >= 4 is 0 Å². The normalized spacial score (nSPS) is 11.4. The third kappa shape index (κ3) is 9.69. The Bertz CT molecular complexity index is 800. The monoisotopic (exact) mass is 454 g/mol. The highest BCUT2D eigenvalue weighted by Gasteiger charge is 2.28. The van der Waals surface area contributed by atoms with Crippen molar-refractivity contribution in [3.8, 4) is 0 Å². The zero-order chi connectivity index (χ0) is 23.7. The molecule has 1 nitrogen and oxygen atoms in total. The predicted octanol–water partition coefficient (Wildman–Crippen LogP) is 9.10. The molecular weight excluding hydrogens is 410 g/mol. The fourth-order valence-electron chi connectivity index (χ4n) is 5.11. The van der Waals surface area contributed by atoms with Crippen molar-refractivity contribution in [3.63, 3.8) is 0 Å². The minimum absolute atomic E-state index is 1.08. The Morgan fingerprint density at radius 3 is 1.21 bits per heavy atom. The zero-order valence-electron chi connectivity index (χ0n) is 21.1. The smallest absolute Gasteiger partial charge is 0.105 e. The van der Waals surface area contributed by atoms with Crippen LogP contribution in [0.1, 0.15) is 74.5 Å². The fraction of sp³-hybridized carbons (Fsp3) is 0.394. The largest absolute Gasteiger partial charge is 0.312 e. The summed E-state index contributed by atoms with van der Waals surface area (Å²) in [4.78, 5) is 0. The Hall–Kier alpha value is -2.64. The molecule has 0 bridgehead atoms. The average Bonchev–Trinajstić information content (AvgIpc) is 2.87. The van der Waals surface area contributed by atoms with Crippen LogP contribution in [0.5, 0.6) is 0 Å². The molecule has 0 aliphatic rings. The maximum absolute atomic E-state index is 3.83. The highest BCUT2D eigenvalue weighted by atomic mass is 15.3. The van der Waals surface area contributed by atoms with E-state index >= 15 is 0 Å². The molecule has 34 heavy (non-hydrogen) atoms. The Labute approximate surface area is 208 Å². The number of unbranched alkanes of at least 4 members (excludes halogenated alkanes) is 8. The van der Waals surface area contributed by atoms with Gasteiger partial charge in [0.05, 0.1) is 6.54 Å². The van der Waals surface area contributed by atoms with Gasteiger partial charge in [-0.15, -0.1) is 6.58 Å². The minimum atomic E-state index is 1.08. The SMILES string of the molecule is C=CCCCCCCCCCC[N+](Cc1ccccc1)(Cc1ccccc1)Cc1ccccc1. The lowest BCUT2D eigenvalue weighted by Crippen LogP contribution is -2.46. The van der Waals surface area contributed by atoms with Crippen molar-refractivity contribution in [3.05, 3.63) is 120 Å². The van der Waals surface area contributed by atoms with E-state index in [9.17, 15) is 0 Å². The van der Waals surface area contributed by atoms with Gasteiger partial charge in [-0.2, -0.15) is 0 Å². The first-order valence-corrected chi connectivity index (χ1v) is 13.4. The topological polar surface area (TPSA) is 0 Å². The van der Waals surface area contributed by atoms with E-state index < -0.39 is 0 Å². The first kappa shape index (κ1) is 26.0. The zero-order valence-corrected chi connectivity index (χ0v) is 21.1. The number of quaternary nitrogens is 1. The van der Waals surface area contributed by atoms with Gasteiger partial charge in [0.15, 0.2) is 0 Å². The molecule has 0 aliphatic heterocycles. The molecule has 0 amide bonds. The molecule has 0 spiro atoms. The van der Waals surface area contributed by atoms with Crippen LogP contribution in [0.2, 0.25) is 0 Å². The van der Waals surface area contributed by atoms with Gasteiger partial charge in [-0.05, 0) is 25.7 Å². The summed E-state index contributed by atoms with van der Waals surface area (Å²) in [6.45, 7) is 8.28. The number of rotatable bonds is 17. The Morgan fingerprint density at radius 1 is 0.471 bits per heavy atom. The van der Waals surface area contributed by atoms with E-state index in [4.69, 9.17) is 0 Å². The number of allylic oxidation sites excluding steroid dienone is 1. The Morgan fingerprint density at radius 2 is 0.824 bits per heavy atom. The van der Waals surface area contributed by atoms with Gasteiger partial charge in [0.2, 0.25) is 0 Å². The highest BCUT2D eigenvalue weighted by Crippen LogP contribution is 2.26. The van der Waals surface area contributed by atoms with E-state index in [0.717, 1.165) is 24.1 Å². The molecule has 3 aromatic rings. The highest BCUT2D eigenvalue weighted by molar-refractivity contribution is 5.17. The first-order valence-electron chi connectivity index (χ1n) is 13.4. The van der Waals surface area contributed by atoms with Gasteiger partial charge in [-0.1, -0.05) is 129 Å². The van der Waals surface area contributed by atoms with Crippen molar-refractivity contribution in [2.75, 3.05) is 6.54 Å². The van der Waals surface area contributed by atoms with Crippen molar-refractivity contribution in [2.24, 2.45) is 0 Å². The minimum Gasteiger partial charge on any atom is -0.312 e. The second-order valence-corrected chi connectivity index (χ2v) is 9.90. The molecule has 0 heterocycles. The van der Waals surface area contributed by atoms with Gasteiger partial charge < -0.3 is 4.48 Å². The van der Waals surface area contributed by atoms with Crippen LogP contribution >= 0.6 is 0 Å². The second kappa shape index (κ2) is 15.3. The van der Waals surface area contributed by atoms with Gasteiger partial charge in [-0.3, -0.25) is 0 Å². The second-order valence-electron chi connectivity index (χ2n) is 9.90. The van der Waals surface area contributed by atoms with E-state index in [1.807, 2.05) is 6.08 Å². The fourth-order valence-corrected chi connectivity index (χ4v) is 5.11. The summed E-state index contributed by atoms with van der Waals surface area (Å²) in [6, 6.07) is 33.3. The number of hydrogen-bond donors (Lipinski definition) is 0. The predicted molar refractivity (Wildman–Crippen MR) is 147 cm³/mol. The molecule has 180 valence electrons. The van der Waals surface area contributed by atoms with Crippen LogP contribution in [-0.2, 0) is 19.6 Å². The summed E-state index contributed by atoms with van der Waals surface area (Å²) in [6.07, 6.45) is 14.0. The van der Waals surface area contributed by atoms with Crippen molar-refractivity contribution in [1.82, 2.24) is 0 Å². The first-order chi connectivity index (χ1) is 16.8. The summed E-state index contributed by atoms with van der Waals surface area (Å²) in [5.41, 5.74) is 4.32. The third-order valence-electron chi connectivity index (χ3n) is 6.87. The number of benzene rings is 3. The van der Waals surface area contributed by atoms with E-state index in [1.165, 1.54) is 81.0 Å². The standard InChI is InChI=1S/C33H44N/c1-2-3-4-5-6-7-8-9-10-20-27-34(28-31-21-14-11-15-22-31,29-32-23-16-12-17-24-32)30-33-25-18-13-19-26-33/h2,11-19,21-26H,1,3-10,20,27-30H2/q+1. The lowest BCUT2D eigenvalue weighted by atomic mass is 10.0. The van der Waals surface area contributed by atoms with Crippen LogP contribution in [0.3, 0.4) is 0 Å². The number of hydrogen-bond acceptors (Lipinski definition) is 0. The molecule has 3 aromatic carbocycles. The lowest BCUT2D eigenvalue weighted by molar-refractivity contribution is -0.966. The van der Waals surface area contributed by atoms with Crippen LogP contribution < -0.4 is 0 Å². The molecule has 0 aromatic heterocycles. The van der Waals surface area contributed by atoms with Gasteiger partial charge in [0, 0.05) is 16.7 Å². The quantitative estimate of drug-likeness (QED) is 0.108. The van der Waals surface area contributed by atoms with Crippen molar-refractivity contribution in [2.45, 2.75) is 77.4 Å². The molecular formula is C33H44N+. The summed E-state index contributed by atoms with van der Waals surface area (Å²) in [7, 11) is 0. The molecule has 0 atom stereocenters. The van der Waals surface area contributed by atoms with Crippen LogP contribution in [0, 0.1) is 0 Å². The molecule has 0 aliphatic carbocycles. The Balaban J connectivity index is 1.65. The van der Waals surface area contributed by atoms with Crippen molar-refractivity contribution in [1.29, 1.82) is 0 Å². The maximum Gasteiger partial charge on any atom is 0.105 e. The van der Waals surface area contributed by atoms with Gasteiger partial charge in [0.1, 0.15) is 19.6 Å².